The molecule has 2 unspecified atom stereocenters. The molecule has 0 radical (unpaired) electrons. The van der Waals surface area contributed by atoms with Gasteiger partial charge in [-0.3, -0.25) is 0 Å². The molecule has 0 aromatic heterocycles. The van der Waals surface area contributed by atoms with Crippen LogP contribution in [0.4, 0.5) is 0 Å². The highest BCUT2D eigenvalue weighted by Gasteiger charge is 2.40. The molecule has 3 rings (SSSR count). The van der Waals surface area contributed by atoms with Crippen LogP contribution in [0.15, 0.2) is 42.5 Å². The number of ether oxygens (including phenoxy) is 1. The lowest BCUT2D eigenvalue weighted by Crippen LogP contribution is -1.89. The number of methoxy groups -OCH3 is 1. The molecule has 1 aliphatic carbocycles. The Bertz CT molecular complexity index is 607. The van der Waals surface area contributed by atoms with Gasteiger partial charge in [0.25, 0.3) is 0 Å². The Kier molecular flexibility index (Phi) is 3.68. The van der Waals surface area contributed by atoms with E-state index < -0.39 is 0 Å². The van der Waals surface area contributed by atoms with E-state index in [-0.39, 0.29) is 5.75 Å². The molecule has 2 atom stereocenters. The minimum absolute atomic E-state index is 0.222. The first-order valence-corrected chi connectivity index (χ1v) is 7.13. The van der Waals surface area contributed by atoms with E-state index in [1.54, 1.807) is 19.2 Å². The summed E-state index contributed by atoms with van der Waals surface area (Å²) in [6.45, 7) is 0.651. The second kappa shape index (κ2) is 5.47. The number of hydrogen-bond donors (Lipinski definition) is 1. The van der Waals surface area contributed by atoms with Crippen LogP contribution in [0.1, 0.15) is 34.9 Å². The Hall–Kier alpha value is -1.51. The predicted octanol–water partition coefficient (Wildman–Crippen LogP) is 4.46. The summed E-state index contributed by atoms with van der Waals surface area (Å²) < 4.78 is 5.12. The van der Waals surface area contributed by atoms with Crippen molar-refractivity contribution in [1.82, 2.24) is 0 Å². The largest absolute Gasteiger partial charge is 0.508 e. The van der Waals surface area contributed by atoms with Crippen LogP contribution in [-0.2, 0) is 11.3 Å². The first kappa shape index (κ1) is 13.5. The third-order valence-electron chi connectivity index (χ3n) is 3.89. The van der Waals surface area contributed by atoms with Crippen molar-refractivity contribution < 1.29 is 9.84 Å². The number of halogens is 1. The van der Waals surface area contributed by atoms with Gasteiger partial charge in [-0.1, -0.05) is 41.9 Å². The second-order valence-electron chi connectivity index (χ2n) is 5.33. The van der Waals surface area contributed by atoms with Crippen molar-refractivity contribution in [3.05, 3.63) is 64.2 Å². The SMILES string of the molecule is COCc1ccc(C2CC2c2ccc(O)cc2Cl)cc1. The molecule has 0 bridgehead atoms. The summed E-state index contributed by atoms with van der Waals surface area (Å²) in [6.07, 6.45) is 1.12. The molecule has 0 spiro atoms. The van der Waals surface area contributed by atoms with Crippen molar-refractivity contribution in [3.8, 4) is 5.75 Å². The van der Waals surface area contributed by atoms with E-state index in [2.05, 4.69) is 24.3 Å². The maximum absolute atomic E-state index is 9.41. The van der Waals surface area contributed by atoms with E-state index in [1.165, 1.54) is 11.1 Å². The Balaban J connectivity index is 1.75. The van der Waals surface area contributed by atoms with Crippen molar-refractivity contribution in [2.45, 2.75) is 24.9 Å². The topological polar surface area (TPSA) is 29.5 Å². The van der Waals surface area contributed by atoms with Gasteiger partial charge in [0.1, 0.15) is 5.75 Å². The van der Waals surface area contributed by atoms with Gasteiger partial charge in [0.15, 0.2) is 0 Å². The molecule has 1 N–H and O–H groups in total. The number of hydrogen-bond acceptors (Lipinski definition) is 2. The predicted molar refractivity (Wildman–Crippen MR) is 80.4 cm³/mol. The van der Waals surface area contributed by atoms with Crippen LogP contribution in [0.2, 0.25) is 5.02 Å². The normalized spacial score (nSPS) is 20.9. The van der Waals surface area contributed by atoms with Crippen LogP contribution >= 0.6 is 11.6 Å². The number of phenols is 1. The van der Waals surface area contributed by atoms with E-state index in [9.17, 15) is 5.11 Å². The van der Waals surface area contributed by atoms with E-state index in [0.717, 1.165) is 12.0 Å². The molecule has 1 saturated carbocycles. The molecular weight excluding hydrogens is 272 g/mol. The molecule has 1 aliphatic rings. The zero-order valence-electron chi connectivity index (χ0n) is 11.3. The lowest BCUT2D eigenvalue weighted by molar-refractivity contribution is 0.185. The van der Waals surface area contributed by atoms with Crippen molar-refractivity contribution in [1.29, 1.82) is 0 Å². The average Bonchev–Trinajstić information content (AvgIpc) is 3.20. The first-order chi connectivity index (χ1) is 9.69. The molecule has 2 nitrogen and oxygen atoms in total. The van der Waals surface area contributed by atoms with Gasteiger partial charge < -0.3 is 9.84 Å². The van der Waals surface area contributed by atoms with Gasteiger partial charge in [0.05, 0.1) is 6.61 Å². The smallest absolute Gasteiger partial charge is 0.117 e. The maximum atomic E-state index is 9.41. The lowest BCUT2D eigenvalue weighted by atomic mass is 10.0. The van der Waals surface area contributed by atoms with Crippen molar-refractivity contribution in [2.75, 3.05) is 7.11 Å². The van der Waals surface area contributed by atoms with Crippen LogP contribution in [0, 0.1) is 0 Å². The quantitative estimate of drug-likeness (QED) is 0.900. The Labute approximate surface area is 124 Å². The van der Waals surface area contributed by atoms with Gasteiger partial charge in [-0.2, -0.15) is 0 Å². The summed E-state index contributed by atoms with van der Waals surface area (Å²) in [4.78, 5) is 0. The van der Waals surface area contributed by atoms with E-state index in [4.69, 9.17) is 16.3 Å². The molecule has 104 valence electrons. The van der Waals surface area contributed by atoms with Crippen molar-refractivity contribution >= 4 is 11.6 Å². The number of benzene rings is 2. The van der Waals surface area contributed by atoms with Gasteiger partial charge in [0.2, 0.25) is 0 Å². The minimum atomic E-state index is 0.222. The second-order valence-corrected chi connectivity index (χ2v) is 5.74. The Morgan fingerprint density at radius 2 is 1.90 bits per heavy atom. The number of phenolic OH excluding ortho intramolecular Hbond substituents is 1. The summed E-state index contributed by atoms with van der Waals surface area (Å²) in [6, 6.07) is 13.8. The molecule has 0 amide bonds. The fourth-order valence-electron chi connectivity index (χ4n) is 2.75. The molecule has 2 aromatic carbocycles. The molecule has 0 saturated heterocycles. The highest BCUT2D eigenvalue weighted by atomic mass is 35.5. The zero-order valence-corrected chi connectivity index (χ0v) is 12.1. The highest BCUT2D eigenvalue weighted by Crippen LogP contribution is 2.56. The molecular formula is C17H17ClO2. The zero-order chi connectivity index (χ0) is 14.1. The fourth-order valence-corrected chi connectivity index (χ4v) is 3.07. The van der Waals surface area contributed by atoms with Crippen molar-refractivity contribution in [3.63, 3.8) is 0 Å². The number of aromatic hydroxyl groups is 1. The molecule has 2 aromatic rings. The third kappa shape index (κ3) is 2.67. The first-order valence-electron chi connectivity index (χ1n) is 6.75. The third-order valence-corrected chi connectivity index (χ3v) is 4.22. The average molecular weight is 289 g/mol. The van der Waals surface area contributed by atoms with Gasteiger partial charge in [-0.15, -0.1) is 0 Å². The summed E-state index contributed by atoms with van der Waals surface area (Å²) in [5, 5.41) is 10.1. The molecule has 3 heteroatoms. The Morgan fingerprint density at radius 1 is 1.15 bits per heavy atom. The summed E-state index contributed by atoms with van der Waals surface area (Å²) in [7, 11) is 1.71. The molecule has 1 fully saturated rings. The van der Waals surface area contributed by atoms with Crippen LogP contribution in [0.25, 0.3) is 0 Å². The van der Waals surface area contributed by atoms with E-state index in [0.29, 0.717) is 23.5 Å². The molecule has 0 heterocycles. The lowest BCUT2D eigenvalue weighted by Gasteiger charge is -2.06. The van der Waals surface area contributed by atoms with Gasteiger partial charge in [0, 0.05) is 12.1 Å². The number of rotatable bonds is 4. The standard InChI is InChI=1S/C17H17ClO2/c1-20-10-11-2-4-12(5-3-11)15-9-16(15)14-7-6-13(19)8-17(14)18/h2-8,15-16,19H,9-10H2,1H3. The van der Waals surface area contributed by atoms with Gasteiger partial charge >= 0.3 is 0 Å². The summed E-state index contributed by atoms with van der Waals surface area (Å²) in [5.41, 5.74) is 3.67. The van der Waals surface area contributed by atoms with Crippen LogP contribution in [0.3, 0.4) is 0 Å². The molecule has 20 heavy (non-hydrogen) atoms. The van der Waals surface area contributed by atoms with Gasteiger partial charge in [-0.25, -0.2) is 0 Å². The van der Waals surface area contributed by atoms with Gasteiger partial charge in [-0.05, 0) is 47.1 Å². The van der Waals surface area contributed by atoms with Crippen LogP contribution in [-0.4, -0.2) is 12.2 Å². The monoisotopic (exact) mass is 288 g/mol. The minimum Gasteiger partial charge on any atom is -0.508 e. The summed E-state index contributed by atoms with van der Waals surface area (Å²) >= 11 is 6.21. The van der Waals surface area contributed by atoms with Crippen LogP contribution in [0.5, 0.6) is 5.75 Å². The van der Waals surface area contributed by atoms with E-state index in [1.807, 2.05) is 6.07 Å². The molecule has 0 aliphatic heterocycles. The van der Waals surface area contributed by atoms with E-state index >= 15 is 0 Å². The van der Waals surface area contributed by atoms with Crippen LogP contribution < -0.4 is 0 Å². The fraction of sp³-hybridized carbons (Fsp3) is 0.294. The Morgan fingerprint density at radius 3 is 2.55 bits per heavy atom. The maximum Gasteiger partial charge on any atom is 0.117 e. The highest BCUT2D eigenvalue weighted by molar-refractivity contribution is 6.31. The summed E-state index contributed by atoms with van der Waals surface area (Å²) in [5.74, 6) is 1.23. The van der Waals surface area contributed by atoms with Crippen molar-refractivity contribution in [2.24, 2.45) is 0 Å².